The number of hydrogen-bond acceptors (Lipinski definition) is 2. The third-order valence-corrected chi connectivity index (χ3v) is 6.51. The van der Waals surface area contributed by atoms with E-state index in [0.717, 1.165) is 26.9 Å². The van der Waals surface area contributed by atoms with Gasteiger partial charge >= 0.3 is 0 Å². The maximum absolute atomic E-state index is 13.8. The SMILES string of the molecule is O=C1C(OC(c2ccccc2)c2ccccc2)=C(Br)C(c2ccccc2)N1c1ccccc1. The van der Waals surface area contributed by atoms with E-state index < -0.39 is 6.10 Å². The second kappa shape index (κ2) is 9.47. The van der Waals surface area contributed by atoms with Crippen molar-refractivity contribution in [3.8, 4) is 0 Å². The van der Waals surface area contributed by atoms with Crippen LogP contribution in [0.25, 0.3) is 0 Å². The Labute approximate surface area is 202 Å². The van der Waals surface area contributed by atoms with Crippen LogP contribution in [0.3, 0.4) is 0 Å². The van der Waals surface area contributed by atoms with Gasteiger partial charge in [0.15, 0.2) is 5.76 Å². The monoisotopic (exact) mass is 495 g/mol. The molecular formula is C29H22BrNO2. The van der Waals surface area contributed by atoms with Crippen molar-refractivity contribution >= 4 is 27.5 Å². The van der Waals surface area contributed by atoms with E-state index in [1.165, 1.54) is 0 Å². The minimum Gasteiger partial charge on any atom is -0.474 e. The molecule has 0 fully saturated rings. The molecule has 3 nitrogen and oxygen atoms in total. The highest BCUT2D eigenvalue weighted by Crippen LogP contribution is 2.46. The van der Waals surface area contributed by atoms with Crippen molar-refractivity contribution in [2.45, 2.75) is 12.1 Å². The largest absolute Gasteiger partial charge is 0.474 e. The fraction of sp³-hybridized carbons (Fsp3) is 0.0690. The molecule has 0 saturated heterocycles. The summed E-state index contributed by atoms with van der Waals surface area (Å²) < 4.78 is 7.27. The number of carbonyl (C=O) groups excluding carboxylic acids is 1. The first kappa shape index (κ1) is 21.2. The van der Waals surface area contributed by atoms with Crippen molar-refractivity contribution in [3.05, 3.63) is 148 Å². The summed E-state index contributed by atoms with van der Waals surface area (Å²) in [5.74, 6) is 0.157. The van der Waals surface area contributed by atoms with Crippen molar-refractivity contribution in [3.63, 3.8) is 0 Å². The predicted molar refractivity (Wildman–Crippen MR) is 135 cm³/mol. The van der Waals surface area contributed by atoms with Crippen molar-refractivity contribution in [1.29, 1.82) is 0 Å². The molecule has 0 saturated carbocycles. The maximum Gasteiger partial charge on any atom is 0.295 e. The van der Waals surface area contributed by atoms with Crippen LogP contribution in [0, 0.1) is 0 Å². The molecule has 162 valence electrons. The average molecular weight is 496 g/mol. The summed E-state index contributed by atoms with van der Waals surface area (Å²) in [4.78, 5) is 15.6. The van der Waals surface area contributed by atoms with Crippen LogP contribution in [0.4, 0.5) is 5.69 Å². The molecule has 0 aromatic heterocycles. The van der Waals surface area contributed by atoms with Crippen molar-refractivity contribution in [2.75, 3.05) is 4.90 Å². The average Bonchev–Trinajstić information content (AvgIpc) is 3.14. The number of ether oxygens (including phenoxy) is 1. The summed E-state index contributed by atoms with van der Waals surface area (Å²) in [5.41, 5.74) is 3.80. The summed E-state index contributed by atoms with van der Waals surface area (Å²) in [6.07, 6.45) is -0.411. The second-order valence-electron chi connectivity index (χ2n) is 7.82. The second-order valence-corrected chi connectivity index (χ2v) is 8.67. The molecule has 4 heteroatoms. The molecule has 0 aliphatic carbocycles. The van der Waals surface area contributed by atoms with Gasteiger partial charge in [-0.2, -0.15) is 0 Å². The highest BCUT2D eigenvalue weighted by atomic mass is 79.9. The Balaban J connectivity index is 1.60. The zero-order valence-corrected chi connectivity index (χ0v) is 19.4. The fourth-order valence-electron chi connectivity index (χ4n) is 4.16. The Morgan fingerprint density at radius 1 is 0.667 bits per heavy atom. The molecular weight excluding hydrogens is 474 g/mol. The number of benzene rings is 4. The van der Waals surface area contributed by atoms with Crippen LogP contribution in [0.15, 0.2) is 132 Å². The van der Waals surface area contributed by atoms with Crippen LogP contribution in [0.1, 0.15) is 28.8 Å². The van der Waals surface area contributed by atoms with Gasteiger partial charge in [0.05, 0.1) is 10.5 Å². The van der Waals surface area contributed by atoms with Crippen LogP contribution in [-0.4, -0.2) is 5.91 Å². The summed E-state index contributed by atoms with van der Waals surface area (Å²) in [7, 11) is 0. The minimum absolute atomic E-state index is 0.168. The molecule has 1 atom stereocenters. The third kappa shape index (κ3) is 4.22. The van der Waals surface area contributed by atoms with Crippen molar-refractivity contribution < 1.29 is 9.53 Å². The van der Waals surface area contributed by atoms with Gasteiger partial charge in [-0.05, 0) is 44.8 Å². The maximum atomic E-state index is 13.8. The van der Waals surface area contributed by atoms with Gasteiger partial charge in [-0.1, -0.05) is 109 Å². The molecule has 1 amide bonds. The van der Waals surface area contributed by atoms with Gasteiger partial charge in [0.25, 0.3) is 5.91 Å². The van der Waals surface area contributed by atoms with E-state index in [0.29, 0.717) is 5.76 Å². The van der Waals surface area contributed by atoms with Gasteiger partial charge in [-0.15, -0.1) is 0 Å². The van der Waals surface area contributed by atoms with E-state index in [4.69, 9.17) is 4.74 Å². The smallest absolute Gasteiger partial charge is 0.295 e. The van der Waals surface area contributed by atoms with Crippen LogP contribution in [0.2, 0.25) is 0 Å². The normalized spacial score (nSPS) is 15.9. The van der Waals surface area contributed by atoms with Crippen molar-refractivity contribution in [2.24, 2.45) is 0 Å². The van der Waals surface area contributed by atoms with Gasteiger partial charge in [0.1, 0.15) is 6.10 Å². The lowest BCUT2D eigenvalue weighted by Crippen LogP contribution is -2.30. The van der Waals surface area contributed by atoms with Crippen LogP contribution in [0.5, 0.6) is 0 Å². The van der Waals surface area contributed by atoms with E-state index in [2.05, 4.69) is 15.9 Å². The number of para-hydroxylation sites is 1. The Morgan fingerprint density at radius 2 is 1.12 bits per heavy atom. The fourth-order valence-corrected chi connectivity index (χ4v) is 4.89. The summed E-state index contributed by atoms with van der Waals surface area (Å²) in [5, 5.41) is 0. The molecule has 1 unspecified atom stereocenters. The molecule has 1 aliphatic heterocycles. The summed E-state index contributed by atoms with van der Waals surface area (Å²) in [6.45, 7) is 0. The topological polar surface area (TPSA) is 29.5 Å². The Hall–Kier alpha value is -3.63. The summed E-state index contributed by atoms with van der Waals surface area (Å²) >= 11 is 3.75. The van der Waals surface area contributed by atoms with Gasteiger partial charge in [0.2, 0.25) is 0 Å². The number of rotatable bonds is 6. The first-order valence-electron chi connectivity index (χ1n) is 10.8. The third-order valence-electron chi connectivity index (χ3n) is 5.72. The lowest BCUT2D eigenvalue weighted by Gasteiger charge is -2.26. The standard InChI is InChI=1S/C29H22BrNO2/c30-25-26(21-13-5-1-6-14-21)31(24-19-11-4-12-20-24)29(32)28(25)33-27(22-15-7-2-8-16-22)23-17-9-3-10-18-23/h1-20,26-27H. The minimum atomic E-state index is -0.411. The van der Waals surface area contributed by atoms with Gasteiger partial charge < -0.3 is 4.74 Å². The predicted octanol–water partition coefficient (Wildman–Crippen LogP) is 7.19. The molecule has 4 aromatic carbocycles. The molecule has 0 radical (unpaired) electrons. The number of amides is 1. The van der Waals surface area contributed by atoms with E-state index in [1.807, 2.05) is 121 Å². The zero-order valence-electron chi connectivity index (χ0n) is 17.8. The first-order chi connectivity index (χ1) is 16.2. The van der Waals surface area contributed by atoms with Gasteiger partial charge in [-0.25, -0.2) is 0 Å². The Kier molecular flexibility index (Phi) is 6.09. The molecule has 0 spiro atoms. The van der Waals surface area contributed by atoms with Gasteiger partial charge in [0, 0.05) is 5.69 Å². The van der Waals surface area contributed by atoms with Crippen LogP contribution >= 0.6 is 15.9 Å². The Morgan fingerprint density at radius 3 is 1.64 bits per heavy atom. The molecule has 0 bridgehead atoms. The number of anilines is 1. The highest BCUT2D eigenvalue weighted by Gasteiger charge is 2.42. The molecule has 4 aromatic rings. The molecule has 1 aliphatic rings. The summed E-state index contributed by atoms with van der Waals surface area (Å²) in [6, 6.07) is 39.4. The Bertz CT molecular complexity index is 1220. The molecule has 0 N–H and O–H groups in total. The zero-order chi connectivity index (χ0) is 22.6. The number of halogens is 1. The van der Waals surface area contributed by atoms with Gasteiger partial charge in [-0.3, -0.25) is 9.69 Å². The highest BCUT2D eigenvalue weighted by molar-refractivity contribution is 9.11. The lowest BCUT2D eigenvalue weighted by molar-refractivity contribution is -0.118. The molecule has 1 heterocycles. The van der Waals surface area contributed by atoms with Crippen LogP contribution in [-0.2, 0) is 9.53 Å². The number of carbonyl (C=O) groups is 1. The van der Waals surface area contributed by atoms with E-state index in [1.54, 1.807) is 4.90 Å². The first-order valence-corrected chi connectivity index (χ1v) is 11.6. The number of hydrogen-bond donors (Lipinski definition) is 0. The van der Waals surface area contributed by atoms with E-state index >= 15 is 0 Å². The number of nitrogens with zero attached hydrogens (tertiary/aromatic N) is 1. The van der Waals surface area contributed by atoms with E-state index in [9.17, 15) is 4.79 Å². The van der Waals surface area contributed by atoms with Crippen molar-refractivity contribution in [1.82, 2.24) is 0 Å². The lowest BCUT2D eigenvalue weighted by atomic mass is 10.0. The molecule has 5 rings (SSSR count). The van der Waals surface area contributed by atoms with Crippen LogP contribution < -0.4 is 4.90 Å². The molecule has 33 heavy (non-hydrogen) atoms. The quantitative estimate of drug-likeness (QED) is 0.283. The van der Waals surface area contributed by atoms with E-state index in [-0.39, 0.29) is 11.9 Å².